The van der Waals surface area contributed by atoms with E-state index in [9.17, 15) is 0 Å². The number of anilines is 1. The highest BCUT2D eigenvalue weighted by Gasteiger charge is 2.54. The molecule has 1 N–H and O–H groups in total. The molecular formula is C27H29N3O2S. The number of nitrogens with zero attached hydrogens (tertiary/aromatic N) is 2. The van der Waals surface area contributed by atoms with Gasteiger partial charge in [-0.05, 0) is 77.8 Å². The van der Waals surface area contributed by atoms with Crippen LogP contribution in [-0.2, 0) is 0 Å². The summed E-state index contributed by atoms with van der Waals surface area (Å²) in [5.41, 5.74) is 9.21. The van der Waals surface area contributed by atoms with Crippen molar-refractivity contribution in [1.29, 1.82) is 0 Å². The summed E-state index contributed by atoms with van der Waals surface area (Å²) in [6.07, 6.45) is 4.55. The number of fused-ring (bicyclic) bond motifs is 2. The van der Waals surface area contributed by atoms with Crippen LogP contribution in [0.3, 0.4) is 0 Å². The number of nitrogens with one attached hydrogen (secondary N) is 1. The quantitative estimate of drug-likeness (QED) is 0.415. The Kier molecular flexibility index (Phi) is 5.71. The number of thiazole rings is 1. The van der Waals surface area contributed by atoms with Crippen LogP contribution in [0.4, 0.5) is 5.13 Å². The highest BCUT2D eigenvalue weighted by atomic mass is 32.1. The lowest BCUT2D eigenvalue weighted by atomic mass is 9.47. The summed E-state index contributed by atoms with van der Waals surface area (Å²) in [6.45, 7) is 4.74. The molecule has 33 heavy (non-hydrogen) atoms. The van der Waals surface area contributed by atoms with E-state index in [-0.39, 0.29) is 5.41 Å². The van der Waals surface area contributed by atoms with E-state index in [0.29, 0.717) is 11.8 Å². The van der Waals surface area contributed by atoms with Gasteiger partial charge in [0.05, 0.1) is 25.6 Å². The van der Waals surface area contributed by atoms with Crippen molar-refractivity contribution < 1.29 is 9.47 Å². The zero-order valence-corrected chi connectivity index (χ0v) is 20.3. The fourth-order valence-electron chi connectivity index (χ4n) is 4.93. The molecule has 2 aromatic carbocycles. The second-order valence-electron chi connectivity index (χ2n) is 9.33. The number of benzene rings is 2. The number of methoxy groups -OCH3 is 2. The number of allylic oxidation sites excluding steroid dienone is 1. The van der Waals surface area contributed by atoms with Crippen LogP contribution in [0.15, 0.2) is 64.6 Å². The van der Waals surface area contributed by atoms with Gasteiger partial charge in [-0.15, -0.1) is 11.3 Å². The van der Waals surface area contributed by atoms with Gasteiger partial charge in [0, 0.05) is 16.9 Å². The fourth-order valence-corrected chi connectivity index (χ4v) is 5.59. The maximum Gasteiger partial charge on any atom is 0.203 e. The van der Waals surface area contributed by atoms with E-state index in [1.165, 1.54) is 23.3 Å². The van der Waals surface area contributed by atoms with Crippen molar-refractivity contribution >= 4 is 28.3 Å². The molecule has 6 rings (SSSR count). The average Bonchev–Trinajstić information content (AvgIpc) is 3.32. The van der Waals surface area contributed by atoms with E-state index < -0.39 is 0 Å². The Morgan fingerprint density at radius 1 is 1.03 bits per heavy atom. The Bertz CT molecular complexity index is 1190. The monoisotopic (exact) mass is 459 g/mol. The molecule has 170 valence electrons. The summed E-state index contributed by atoms with van der Waals surface area (Å²) in [6, 6.07) is 16.2. The first kappa shape index (κ1) is 21.7. The van der Waals surface area contributed by atoms with Gasteiger partial charge in [-0.3, -0.25) is 5.43 Å². The summed E-state index contributed by atoms with van der Waals surface area (Å²) in [5, 5.41) is 7.78. The van der Waals surface area contributed by atoms with Gasteiger partial charge in [-0.25, -0.2) is 4.98 Å². The molecule has 3 aliphatic rings. The summed E-state index contributed by atoms with van der Waals surface area (Å²) < 4.78 is 10.5. The minimum absolute atomic E-state index is 0.287. The largest absolute Gasteiger partial charge is 0.497 e. The topological polar surface area (TPSA) is 55.7 Å². The van der Waals surface area contributed by atoms with Crippen LogP contribution >= 0.6 is 11.3 Å². The Morgan fingerprint density at radius 3 is 2.33 bits per heavy atom. The maximum atomic E-state index is 5.30. The van der Waals surface area contributed by atoms with Crippen LogP contribution in [0, 0.1) is 17.3 Å². The molecule has 6 heteroatoms. The minimum Gasteiger partial charge on any atom is -0.497 e. The van der Waals surface area contributed by atoms with E-state index >= 15 is 0 Å². The highest BCUT2D eigenvalue weighted by Crippen LogP contribution is 2.59. The van der Waals surface area contributed by atoms with Gasteiger partial charge in [-0.2, -0.15) is 5.10 Å². The molecule has 2 bridgehead atoms. The predicted octanol–water partition coefficient (Wildman–Crippen LogP) is 6.74. The standard InChI is InChI=1S/C27H29N3O2S/c1-27(2)20-14-19(13-17-5-9-21(31-3)10-6-17)25(23(27)15-20)29-30-26-28-24(16-33-26)18-7-11-22(32-4)12-8-18/h5-13,16,20,23H,14-15H2,1-4H3,(H,28,30). The Balaban J connectivity index is 1.39. The third kappa shape index (κ3) is 4.15. The molecule has 0 saturated heterocycles. The van der Waals surface area contributed by atoms with Crippen LogP contribution in [0.2, 0.25) is 0 Å². The summed E-state index contributed by atoms with van der Waals surface area (Å²) >= 11 is 1.57. The van der Waals surface area contributed by atoms with Crippen molar-refractivity contribution in [3.63, 3.8) is 0 Å². The number of hydrazone groups is 1. The van der Waals surface area contributed by atoms with E-state index in [1.807, 2.05) is 36.4 Å². The number of hydrogen-bond donors (Lipinski definition) is 1. The molecule has 3 aromatic rings. The van der Waals surface area contributed by atoms with Crippen molar-refractivity contribution in [3.05, 3.63) is 65.0 Å². The van der Waals surface area contributed by atoms with Gasteiger partial charge >= 0.3 is 0 Å². The third-order valence-corrected chi connectivity index (χ3v) is 7.96. The minimum atomic E-state index is 0.287. The molecule has 1 aromatic heterocycles. The maximum absolute atomic E-state index is 5.30. The van der Waals surface area contributed by atoms with Crippen molar-refractivity contribution in [2.45, 2.75) is 26.7 Å². The first-order valence-corrected chi connectivity index (χ1v) is 12.1. The molecule has 2 unspecified atom stereocenters. The van der Waals surface area contributed by atoms with Gasteiger partial charge in [0.25, 0.3) is 0 Å². The lowest BCUT2D eigenvalue weighted by Crippen LogP contribution is -2.53. The van der Waals surface area contributed by atoms with E-state index in [1.54, 1.807) is 25.6 Å². The summed E-state index contributed by atoms with van der Waals surface area (Å²) in [5.74, 6) is 2.90. The molecule has 5 nitrogen and oxygen atoms in total. The Labute approximate surface area is 199 Å². The summed E-state index contributed by atoms with van der Waals surface area (Å²) in [7, 11) is 3.37. The van der Waals surface area contributed by atoms with Crippen LogP contribution in [-0.4, -0.2) is 24.9 Å². The summed E-state index contributed by atoms with van der Waals surface area (Å²) in [4.78, 5) is 4.75. The van der Waals surface area contributed by atoms with Crippen LogP contribution < -0.4 is 14.9 Å². The van der Waals surface area contributed by atoms with Crippen molar-refractivity contribution in [2.24, 2.45) is 22.4 Å². The highest BCUT2D eigenvalue weighted by molar-refractivity contribution is 7.14. The van der Waals surface area contributed by atoms with Gasteiger partial charge in [-0.1, -0.05) is 26.0 Å². The third-order valence-electron chi connectivity index (χ3n) is 7.21. The number of aromatic nitrogens is 1. The first-order chi connectivity index (χ1) is 16.0. The van der Waals surface area contributed by atoms with Crippen LogP contribution in [0.5, 0.6) is 11.5 Å². The molecule has 3 aliphatic carbocycles. The lowest BCUT2D eigenvalue weighted by Gasteiger charge is -2.57. The molecule has 0 aliphatic heterocycles. The lowest BCUT2D eigenvalue weighted by molar-refractivity contribution is 0.0143. The molecule has 3 fully saturated rings. The normalized spacial score (nSPS) is 23.3. The van der Waals surface area contributed by atoms with Crippen molar-refractivity contribution in [3.8, 4) is 22.8 Å². The number of hydrogen-bond acceptors (Lipinski definition) is 6. The van der Waals surface area contributed by atoms with Crippen molar-refractivity contribution in [2.75, 3.05) is 19.6 Å². The van der Waals surface area contributed by atoms with Gasteiger partial charge in [0.2, 0.25) is 5.13 Å². The van der Waals surface area contributed by atoms with Crippen LogP contribution in [0.1, 0.15) is 32.3 Å². The van der Waals surface area contributed by atoms with Crippen molar-refractivity contribution in [1.82, 2.24) is 4.98 Å². The molecule has 3 saturated carbocycles. The molecule has 0 spiro atoms. The number of rotatable bonds is 6. The first-order valence-electron chi connectivity index (χ1n) is 11.3. The number of ether oxygens (including phenoxy) is 2. The molecule has 0 radical (unpaired) electrons. The average molecular weight is 460 g/mol. The molecular weight excluding hydrogens is 430 g/mol. The smallest absolute Gasteiger partial charge is 0.203 e. The van der Waals surface area contributed by atoms with Gasteiger partial charge < -0.3 is 9.47 Å². The van der Waals surface area contributed by atoms with Gasteiger partial charge in [0.1, 0.15) is 11.5 Å². The van der Waals surface area contributed by atoms with E-state index in [0.717, 1.165) is 34.3 Å². The molecule has 1 heterocycles. The second kappa shape index (κ2) is 8.67. The molecule has 0 amide bonds. The van der Waals surface area contributed by atoms with Gasteiger partial charge in [0.15, 0.2) is 0 Å². The Morgan fingerprint density at radius 2 is 1.70 bits per heavy atom. The van der Waals surface area contributed by atoms with Crippen LogP contribution in [0.25, 0.3) is 17.3 Å². The SMILES string of the molecule is COc1ccc(C=C2CC3CC(C2=NNc2nc(-c4ccc(OC)cc4)cs2)C3(C)C)cc1. The molecule has 2 atom stereocenters. The van der Waals surface area contributed by atoms with E-state index in [2.05, 4.69) is 42.9 Å². The van der Waals surface area contributed by atoms with E-state index in [4.69, 9.17) is 19.6 Å². The second-order valence-corrected chi connectivity index (χ2v) is 10.2. The fraction of sp³-hybridized carbons (Fsp3) is 0.333. The Hall–Kier alpha value is -3.12. The zero-order chi connectivity index (χ0) is 23.0. The zero-order valence-electron chi connectivity index (χ0n) is 19.5. The predicted molar refractivity (Wildman–Crippen MR) is 136 cm³/mol.